The zero-order valence-electron chi connectivity index (χ0n) is 20.4. The number of aromatic amines is 1. The maximum Gasteiger partial charge on any atom is 0.253 e. The molecule has 0 radical (unpaired) electrons. The lowest BCUT2D eigenvalue weighted by atomic mass is 10.1. The smallest absolute Gasteiger partial charge is 0.253 e. The molecule has 1 atom stereocenters. The Morgan fingerprint density at radius 3 is 2.92 bits per heavy atom. The van der Waals surface area contributed by atoms with Crippen molar-refractivity contribution in [1.82, 2.24) is 25.7 Å². The summed E-state index contributed by atoms with van der Waals surface area (Å²) in [5.74, 6) is 0.638. The Morgan fingerprint density at radius 1 is 1.25 bits per heavy atom. The van der Waals surface area contributed by atoms with Crippen LogP contribution in [0.5, 0.6) is 5.75 Å². The van der Waals surface area contributed by atoms with Gasteiger partial charge in [0.2, 0.25) is 5.91 Å². The number of hydrogen-bond acceptors (Lipinski definition) is 8. The number of carbonyl (C=O) groups is 2. The summed E-state index contributed by atoms with van der Waals surface area (Å²) in [6.45, 7) is 3.18. The number of nitrogens with one attached hydrogen (secondary N) is 5. The lowest BCUT2D eigenvalue weighted by Crippen LogP contribution is -2.36. The summed E-state index contributed by atoms with van der Waals surface area (Å²) in [7, 11) is 3.51. The summed E-state index contributed by atoms with van der Waals surface area (Å²) in [6, 6.07) is 9.76. The average Bonchev–Trinajstić information content (AvgIpc) is 3.49. The number of fused-ring (bicyclic) bond motifs is 4. The third-order valence-corrected chi connectivity index (χ3v) is 7.19. The Bertz CT molecular complexity index is 1430. The van der Waals surface area contributed by atoms with Gasteiger partial charge in [-0.05, 0) is 18.2 Å². The molecule has 1 unspecified atom stereocenters. The first-order valence-electron chi connectivity index (χ1n) is 11.8. The maximum atomic E-state index is 12.5. The van der Waals surface area contributed by atoms with Gasteiger partial charge in [0.15, 0.2) is 0 Å². The minimum atomic E-state index is -0.183. The molecular formula is C25H29N7O3S. The molecule has 0 aliphatic carbocycles. The van der Waals surface area contributed by atoms with Gasteiger partial charge in [-0.25, -0.2) is 0 Å². The van der Waals surface area contributed by atoms with Gasteiger partial charge in [-0.1, -0.05) is 13.0 Å². The fraction of sp³-hybridized carbons (Fsp3) is 0.320. The van der Waals surface area contributed by atoms with Crippen LogP contribution in [0.4, 0.5) is 10.7 Å². The molecule has 10 nitrogen and oxygen atoms in total. The second kappa shape index (κ2) is 10.0. The van der Waals surface area contributed by atoms with E-state index in [0.29, 0.717) is 37.6 Å². The monoisotopic (exact) mass is 507 g/mol. The Hall–Kier alpha value is -3.83. The molecule has 2 aromatic heterocycles. The number of amides is 2. The average molecular weight is 508 g/mol. The van der Waals surface area contributed by atoms with E-state index in [-0.39, 0.29) is 18.0 Å². The molecule has 11 heteroatoms. The molecule has 36 heavy (non-hydrogen) atoms. The predicted molar refractivity (Wildman–Crippen MR) is 143 cm³/mol. The van der Waals surface area contributed by atoms with Crippen LogP contribution in [0.1, 0.15) is 35.4 Å². The number of ether oxygens (including phenoxy) is 1. The lowest BCUT2D eigenvalue weighted by Gasteiger charge is -2.28. The quantitative estimate of drug-likeness (QED) is 0.231. The number of aromatic nitrogens is 2. The van der Waals surface area contributed by atoms with Crippen molar-refractivity contribution in [2.24, 2.45) is 0 Å². The summed E-state index contributed by atoms with van der Waals surface area (Å²) in [6.07, 6.45) is 2.03. The van der Waals surface area contributed by atoms with Gasteiger partial charge < -0.3 is 25.6 Å². The van der Waals surface area contributed by atoms with Crippen molar-refractivity contribution >= 4 is 54.8 Å². The molecule has 2 amide bonds. The molecule has 5 N–H and O–H groups in total. The Labute approximate surface area is 212 Å². The molecule has 0 saturated carbocycles. The number of hydrogen-bond donors (Lipinski definition) is 5. The Kier molecular flexibility index (Phi) is 6.66. The number of rotatable bonds is 8. The first-order valence-corrected chi connectivity index (χ1v) is 12.6. The van der Waals surface area contributed by atoms with Gasteiger partial charge >= 0.3 is 0 Å². The highest BCUT2D eigenvalue weighted by atomic mass is 32.1. The van der Waals surface area contributed by atoms with E-state index in [4.69, 9.17) is 4.74 Å². The van der Waals surface area contributed by atoms with Gasteiger partial charge in [-0.3, -0.25) is 20.0 Å². The predicted octanol–water partition coefficient (Wildman–Crippen LogP) is 3.47. The molecular weight excluding hydrogens is 478 g/mol. The van der Waals surface area contributed by atoms with Crippen molar-refractivity contribution in [2.75, 3.05) is 44.5 Å². The SMILES string of the molecule is CCC(=O)NCCOc1cc2[nH]ncc2cc1NC1NCNc2sc3cc(C(=O)N(C)C)ccc3c21. The van der Waals surface area contributed by atoms with Gasteiger partial charge in [0.1, 0.15) is 18.5 Å². The summed E-state index contributed by atoms with van der Waals surface area (Å²) in [4.78, 5) is 25.6. The molecule has 5 rings (SSSR count). The van der Waals surface area contributed by atoms with Gasteiger partial charge in [0, 0.05) is 53.2 Å². The molecule has 1 aliphatic rings. The Morgan fingerprint density at radius 2 is 2.11 bits per heavy atom. The van der Waals surface area contributed by atoms with Crippen LogP contribution in [0.2, 0.25) is 0 Å². The van der Waals surface area contributed by atoms with E-state index in [0.717, 1.165) is 37.2 Å². The van der Waals surface area contributed by atoms with E-state index >= 15 is 0 Å². The van der Waals surface area contributed by atoms with Crippen LogP contribution >= 0.6 is 11.3 Å². The van der Waals surface area contributed by atoms with Gasteiger partial charge in [-0.15, -0.1) is 11.3 Å². The van der Waals surface area contributed by atoms with Crippen molar-refractivity contribution in [3.05, 3.63) is 47.7 Å². The molecule has 0 spiro atoms. The molecule has 1 aliphatic heterocycles. The van der Waals surface area contributed by atoms with E-state index in [9.17, 15) is 9.59 Å². The van der Waals surface area contributed by atoms with Crippen molar-refractivity contribution in [2.45, 2.75) is 19.5 Å². The fourth-order valence-electron chi connectivity index (χ4n) is 4.22. The topological polar surface area (TPSA) is 123 Å². The van der Waals surface area contributed by atoms with E-state index in [1.165, 1.54) is 0 Å². The van der Waals surface area contributed by atoms with Crippen LogP contribution in [0.15, 0.2) is 36.5 Å². The van der Waals surface area contributed by atoms with Crippen molar-refractivity contribution in [1.29, 1.82) is 0 Å². The number of H-pyrrole nitrogens is 1. The minimum Gasteiger partial charge on any atom is -0.490 e. The largest absolute Gasteiger partial charge is 0.490 e. The van der Waals surface area contributed by atoms with Gasteiger partial charge in [-0.2, -0.15) is 5.10 Å². The van der Waals surface area contributed by atoms with E-state index in [1.54, 1.807) is 36.5 Å². The molecule has 0 fully saturated rings. The summed E-state index contributed by atoms with van der Waals surface area (Å²) in [5, 5.41) is 23.6. The molecule has 4 aromatic rings. The van der Waals surface area contributed by atoms with Crippen LogP contribution in [-0.2, 0) is 4.79 Å². The highest BCUT2D eigenvalue weighted by Gasteiger charge is 2.26. The minimum absolute atomic E-state index is 0.00724. The van der Waals surface area contributed by atoms with Crippen LogP contribution < -0.4 is 26.0 Å². The number of carbonyl (C=O) groups excluding carboxylic acids is 2. The van der Waals surface area contributed by atoms with E-state index in [2.05, 4.69) is 31.5 Å². The van der Waals surface area contributed by atoms with Crippen LogP contribution in [0.3, 0.4) is 0 Å². The molecule has 3 heterocycles. The second-order valence-corrected chi connectivity index (χ2v) is 9.80. The fourth-order valence-corrected chi connectivity index (χ4v) is 5.40. The van der Waals surface area contributed by atoms with Crippen LogP contribution in [0, 0.1) is 0 Å². The first-order chi connectivity index (χ1) is 17.4. The third kappa shape index (κ3) is 4.67. The molecule has 0 saturated heterocycles. The first kappa shape index (κ1) is 23.9. The standard InChI is InChI=1S/C25H29N7O3S/c1-4-21(33)26-7-8-35-19-11-17-15(12-29-31-17)9-18(19)30-23-22-16-6-5-14(25(34)32(2)3)10-20(16)36-24(22)28-13-27-23/h5-6,9-12,23,27-28,30H,4,7-8,13H2,1-3H3,(H,26,33)(H,29,31). The number of benzene rings is 2. The molecule has 188 valence electrons. The lowest BCUT2D eigenvalue weighted by molar-refractivity contribution is -0.120. The van der Waals surface area contributed by atoms with Gasteiger partial charge in [0.05, 0.1) is 35.6 Å². The zero-order chi connectivity index (χ0) is 25.2. The molecule has 2 aromatic carbocycles. The van der Waals surface area contributed by atoms with Crippen LogP contribution in [-0.4, -0.2) is 60.8 Å². The van der Waals surface area contributed by atoms with Crippen molar-refractivity contribution in [3.63, 3.8) is 0 Å². The maximum absolute atomic E-state index is 12.5. The van der Waals surface area contributed by atoms with E-state index < -0.39 is 0 Å². The second-order valence-electron chi connectivity index (χ2n) is 8.75. The Balaban J connectivity index is 1.44. The summed E-state index contributed by atoms with van der Waals surface area (Å²) in [5.41, 5.74) is 3.44. The highest BCUT2D eigenvalue weighted by molar-refractivity contribution is 7.23. The van der Waals surface area contributed by atoms with E-state index in [1.807, 2.05) is 37.3 Å². The number of anilines is 2. The van der Waals surface area contributed by atoms with Gasteiger partial charge in [0.25, 0.3) is 5.91 Å². The summed E-state index contributed by atoms with van der Waals surface area (Å²) < 4.78 is 7.11. The van der Waals surface area contributed by atoms with Crippen molar-refractivity contribution in [3.8, 4) is 5.75 Å². The number of nitrogens with zero attached hydrogens (tertiary/aromatic N) is 2. The summed E-state index contributed by atoms with van der Waals surface area (Å²) >= 11 is 1.64. The normalized spacial score (nSPS) is 14.8. The molecule has 0 bridgehead atoms. The van der Waals surface area contributed by atoms with Crippen LogP contribution in [0.25, 0.3) is 21.0 Å². The van der Waals surface area contributed by atoms with Crippen molar-refractivity contribution < 1.29 is 14.3 Å². The zero-order valence-corrected chi connectivity index (χ0v) is 21.2. The number of thiophene rings is 1. The third-order valence-electron chi connectivity index (χ3n) is 6.07. The highest BCUT2D eigenvalue weighted by Crippen LogP contribution is 2.43.